The van der Waals surface area contributed by atoms with Gasteiger partial charge in [0, 0.05) is 19.0 Å². The molecule has 1 unspecified atom stereocenters. The Hall–Kier alpha value is -2.27. The first-order valence-electron chi connectivity index (χ1n) is 7.09. The topological polar surface area (TPSA) is 27.6 Å². The van der Waals surface area contributed by atoms with Crippen LogP contribution >= 0.6 is 12.2 Å². The lowest BCUT2D eigenvalue weighted by atomic mass is 9.98. The fraction of sp³-hybridized carbons (Fsp3) is 0.176. The Morgan fingerprint density at radius 3 is 2.55 bits per heavy atom. The Balaban J connectivity index is 1.98. The Kier molecular flexibility index (Phi) is 4.15. The van der Waals surface area contributed by atoms with Gasteiger partial charge in [0.15, 0.2) is 5.11 Å². The summed E-state index contributed by atoms with van der Waals surface area (Å²) in [6, 6.07) is 16.5. The number of hydrogen-bond acceptors (Lipinski definition) is 2. The van der Waals surface area contributed by atoms with E-state index < -0.39 is 0 Å². The van der Waals surface area contributed by atoms with E-state index in [0.717, 1.165) is 11.3 Å². The minimum atomic E-state index is -0.235. The summed E-state index contributed by atoms with van der Waals surface area (Å²) in [6.07, 6.45) is 0.618. The van der Waals surface area contributed by atoms with Gasteiger partial charge in [0.1, 0.15) is 5.82 Å². The third kappa shape index (κ3) is 2.72. The maximum atomic E-state index is 14.2. The lowest BCUT2D eigenvalue weighted by Crippen LogP contribution is -2.34. The van der Waals surface area contributed by atoms with Gasteiger partial charge in [-0.3, -0.25) is 0 Å². The van der Waals surface area contributed by atoms with Crippen molar-refractivity contribution in [3.63, 3.8) is 0 Å². The normalized spacial score (nSPS) is 17.3. The van der Waals surface area contributed by atoms with E-state index in [1.807, 2.05) is 36.4 Å². The van der Waals surface area contributed by atoms with E-state index in [-0.39, 0.29) is 11.9 Å². The molecular weight excluding hydrogens is 297 g/mol. The highest BCUT2D eigenvalue weighted by Gasteiger charge is 2.32. The molecule has 1 atom stereocenters. The molecule has 2 aromatic carbocycles. The Morgan fingerprint density at radius 1 is 1.18 bits per heavy atom. The molecule has 0 fully saturated rings. The van der Waals surface area contributed by atoms with E-state index in [1.165, 1.54) is 6.07 Å². The fourth-order valence-corrected chi connectivity index (χ4v) is 2.77. The molecule has 1 aliphatic rings. The SMILES string of the molecule is CNC(=S)N1N=C(c2ccccc2)CC1c1ccccc1F. The molecule has 22 heavy (non-hydrogen) atoms. The molecule has 1 N–H and O–H groups in total. The Bertz CT molecular complexity index is 715. The molecule has 0 spiro atoms. The van der Waals surface area contributed by atoms with Crippen molar-refractivity contribution in [3.8, 4) is 0 Å². The first-order chi connectivity index (χ1) is 10.7. The van der Waals surface area contributed by atoms with E-state index in [0.29, 0.717) is 17.1 Å². The monoisotopic (exact) mass is 313 g/mol. The van der Waals surface area contributed by atoms with Crippen LogP contribution in [0.15, 0.2) is 59.7 Å². The molecule has 0 saturated heterocycles. The highest BCUT2D eigenvalue weighted by molar-refractivity contribution is 7.80. The van der Waals surface area contributed by atoms with Crippen molar-refractivity contribution in [2.45, 2.75) is 12.5 Å². The third-order valence-electron chi connectivity index (χ3n) is 3.70. The van der Waals surface area contributed by atoms with Gasteiger partial charge < -0.3 is 5.32 Å². The van der Waals surface area contributed by atoms with Gasteiger partial charge in [-0.25, -0.2) is 9.40 Å². The number of rotatable bonds is 2. The molecule has 0 aromatic heterocycles. The number of hydrazone groups is 1. The minimum Gasteiger partial charge on any atom is -0.364 e. The third-order valence-corrected chi connectivity index (χ3v) is 4.09. The summed E-state index contributed by atoms with van der Waals surface area (Å²) in [4.78, 5) is 0. The van der Waals surface area contributed by atoms with Crippen LogP contribution in [-0.4, -0.2) is 22.9 Å². The molecule has 0 saturated carbocycles. The molecule has 0 aliphatic carbocycles. The number of thiocarbonyl (C=S) groups is 1. The second kappa shape index (κ2) is 6.23. The first-order valence-corrected chi connectivity index (χ1v) is 7.50. The summed E-state index contributed by atoms with van der Waals surface area (Å²) in [5, 5.41) is 9.71. The molecule has 3 rings (SSSR count). The molecule has 1 aliphatic heterocycles. The largest absolute Gasteiger partial charge is 0.364 e. The summed E-state index contributed by atoms with van der Waals surface area (Å²) >= 11 is 5.32. The van der Waals surface area contributed by atoms with Gasteiger partial charge in [0.2, 0.25) is 0 Å². The average Bonchev–Trinajstić information content (AvgIpc) is 3.00. The van der Waals surface area contributed by atoms with Crippen LogP contribution in [0.4, 0.5) is 4.39 Å². The molecule has 1 heterocycles. The van der Waals surface area contributed by atoms with Crippen molar-refractivity contribution in [1.82, 2.24) is 10.3 Å². The van der Waals surface area contributed by atoms with Crippen LogP contribution in [-0.2, 0) is 0 Å². The summed E-state index contributed by atoms with van der Waals surface area (Å²) < 4.78 is 14.2. The van der Waals surface area contributed by atoms with Crippen molar-refractivity contribution >= 4 is 23.0 Å². The highest BCUT2D eigenvalue weighted by Crippen LogP contribution is 2.33. The maximum Gasteiger partial charge on any atom is 0.189 e. The van der Waals surface area contributed by atoms with Gasteiger partial charge in [-0.1, -0.05) is 48.5 Å². The van der Waals surface area contributed by atoms with E-state index in [2.05, 4.69) is 10.4 Å². The molecule has 3 nitrogen and oxygen atoms in total. The summed E-state index contributed by atoms with van der Waals surface area (Å²) in [6.45, 7) is 0. The number of hydrogen-bond donors (Lipinski definition) is 1. The van der Waals surface area contributed by atoms with E-state index in [9.17, 15) is 4.39 Å². The highest BCUT2D eigenvalue weighted by atomic mass is 32.1. The minimum absolute atomic E-state index is 0.226. The van der Waals surface area contributed by atoms with Gasteiger partial charge in [-0.05, 0) is 23.8 Å². The predicted molar refractivity (Wildman–Crippen MR) is 90.2 cm³/mol. The summed E-state index contributed by atoms with van der Waals surface area (Å²) in [5.41, 5.74) is 2.55. The van der Waals surface area contributed by atoms with Gasteiger partial charge in [0.25, 0.3) is 0 Å². The zero-order valence-corrected chi connectivity index (χ0v) is 13.0. The molecular formula is C17H16FN3S. The standard InChI is InChI=1S/C17H16FN3S/c1-19-17(22)21-16(13-9-5-6-10-14(13)18)11-15(20-21)12-7-3-2-4-8-12/h2-10,16H,11H2,1H3,(H,19,22). The number of benzene rings is 2. The average molecular weight is 313 g/mol. The zero-order chi connectivity index (χ0) is 15.5. The van der Waals surface area contributed by atoms with E-state index in [4.69, 9.17) is 12.2 Å². The fourth-order valence-electron chi connectivity index (χ4n) is 2.60. The van der Waals surface area contributed by atoms with Crippen LogP contribution in [0.3, 0.4) is 0 Å². The van der Waals surface area contributed by atoms with Crippen LogP contribution < -0.4 is 5.32 Å². The molecule has 112 valence electrons. The second-order valence-corrected chi connectivity index (χ2v) is 5.44. The van der Waals surface area contributed by atoms with Gasteiger partial charge in [-0.15, -0.1) is 0 Å². The summed E-state index contributed by atoms with van der Waals surface area (Å²) in [7, 11) is 1.75. The predicted octanol–water partition coefficient (Wildman–Crippen LogP) is 3.48. The molecule has 0 radical (unpaired) electrons. The molecule has 0 amide bonds. The number of nitrogens with one attached hydrogen (secondary N) is 1. The quantitative estimate of drug-likeness (QED) is 0.860. The van der Waals surface area contributed by atoms with E-state index >= 15 is 0 Å². The first kappa shape index (κ1) is 14.7. The van der Waals surface area contributed by atoms with Crippen LogP contribution in [0.5, 0.6) is 0 Å². The smallest absolute Gasteiger partial charge is 0.189 e. The Morgan fingerprint density at radius 2 is 1.86 bits per heavy atom. The molecule has 5 heteroatoms. The van der Waals surface area contributed by atoms with Crippen LogP contribution in [0.2, 0.25) is 0 Å². The van der Waals surface area contributed by atoms with Crippen LogP contribution in [0, 0.1) is 5.82 Å². The Labute approximate surface area is 134 Å². The van der Waals surface area contributed by atoms with Crippen molar-refractivity contribution in [1.29, 1.82) is 0 Å². The maximum absolute atomic E-state index is 14.2. The molecule has 2 aromatic rings. The second-order valence-electron chi connectivity index (χ2n) is 5.05. The lowest BCUT2D eigenvalue weighted by molar-refractivity contribution is 0.356. The van der Waals surface area contributed by atoms with Gasteiger partial charge in [-0.2, -0.15) is 5.10 Å². The summed E-state index contributed by atoms with van der Waals surface area (Å²) in [5.74, 6) is -0.235. The van der Waals surface area contributed by atoms with Crippen LogP contribution in [0.1, 0.15) is 23.6 Å². The van der Waals surface area contributed by atoms with E-state index in [1.54, 1.807) is 24.2 Å². The van der Waals surface area contributed by atoms with Crippen molar-refractivity contribution < 1.29 is 4.39 Å². The van der Waals surface area contributed by atoms with Gasteiger partial charge >= 0.3 is 0 Å². The zero-order valence-electron chi connectivity index (χ0n) is 12.2. The van der Waals surface area contributed by atoms with Crippen molar-refractivity contribution in [3.05, 3.63) is 71.5 Å². The number of nitrogens with zero attached hydrogens (tertiary/aromatic N) is 2. The van der Waals surface area contributed by atoms with Gasteiger partial charge in [0.05, 0.1) is 11.8 Å². The van der Waals surface area contributed by atoms with Crippen LogP contribution in [0.25, 0.3) is 0 Å². The van der Waals surface area contributed by atoms with Crippen molar-refractivity contribution in [2.24, 2.45) is 5.10 Å². The van der Waals surface area contributed by atoms with Crippen molar-refractivity contribution in [2.75, 3.05) is 7.05 Å². The lowest BCUT2D eigenvalue weighted by Gasteiger charge is -2.24. The number of halogens is 1. The molecule has 0 bridgehead atoms.